The van der Waals surface area contributed by atoms with E-state index in [1.807, 2.05) is 121 Å². The third-order valence-electron chi connectivity index (χ3n) is 6.67. The van der Waals surface area contributed by atoms with Gasteiger partial charge in [-0.2, -0.15) is 0 Å². The van der Waals surface area contributed by atoms with E-state index in [9.17, 15) is 5.11 Å². The van der Waals surface area contributed by atoms with Crippen molar-refractivity contribution < 1.29 is 9.52 Å². The SMILES string of the molecule is Oc1c(-c2ccc(-c3nc(-c4ccccc4)nc(-c4ccccc4)n3)cc2)ccc2c1oc1ccccc12. The number of aromatic hydroxyl groups is 1. The first-order valence-electron chi connectivity index (χ1n) is 12.4. The molecule has 0 bridgehead atoms. The van der Waals surface area contributed by atoms with Gasteiger partial charge in [-0.3, -0.25) is 0 Å². The van der Waals surface area contributed by atoms with E-state index in [4.69, 9.17) is 19.4 Å². The Balaban J connectivity index is 1.31. The van der Waals surface area contributed by atoms with E-state index in [0.29, 0.717) is 28.6 Å². The van der Waals surface area contributed by atoms with E-state index in [-0.39, 0.29) is 5.75 Å². The molecule has 5 aromatic carbocycles. The molecule has 1 N–H and O–H groups in total. The molecule has 2 heterocycles. The minimum Gasteiger partial charge on any atom is -0.504 e. The van der Waals surface area contributed by atoms with Crippen molar-refractivity contribution in [3.05, 3.63) is 121 Å². The van der Waals surface area contributed by atoms with Crippen molar-refractivity contribution in [2.24, 2.45) is 0 Å². The van der Waals surface area contributed by atoms with Crippen LogP contribution in [0.15, 0.2) is 126 Å². The van der Waals surface area contributed by atoms with E-state index in [0.717, 1.165) is 38.6 Å². The first-order valence-corrected chi connectivity index (χ1v) is 12.4. The van der Waals surface area contributed by atoms with Gasteiger partial charge < -0.3 is 9.52 Å². The summed E-state index contributed by atoms with van der Waals surface area (Å²) in [5.74, 6) is 1.95. The van der Waals surface area contributed by atoms with Crippen LogP contribution in [0.25, 0.3) is 67.2 Å². The zero-order valence-corrected chi connectivity index (χ0v) is 20.2. The zero-order valence-electron chi connectivity index (χ0n) is 20.2. The minimum atomic E-state index is 0.129. The number of nitrogens with zero attached hydrogens (tertiary/aromatic N) is 3. The average Bonchev–Trinajstić information content (AvgIpc) is 3.38. The van der Waals surface area contributed by atoms with Crippen molar-refractivity contribution in [2.75, 3.05) is 0 Å². The van der Waals surface area contributed by atoms with E-state index in [1.54, 1.807) is 0 Å². The molecule has 5 nitrogen and oxygen atoms in total. The molecule has 0 amide bonds. The number of aromatic nitrogens is 3. The molecule has 5 heteroatoms. The number of hydrogen-bond acceptors (Lipinski definition) is 5. The maximum absolute atomic E-state index is 11.1. The maximum Gasteiger partial charge on any atom is 0.177 e. The van der Waals surface area contributed by atoms with Crippen LogP contribution in [-0.2, 0) is 0 Å². The van der Waals surface area contributed by atoms with E-state index in [2.05, 4.69) is 0 Å². The van der Waals surface area contributed by atoms with E-state index >= 15 is 0 Å². The number of fused-ring (bicyclic) bond motifs is 3. The molecule has 180 valence electrons. The molecule has 0 unspecified atom stereocenters. The van der Waals surface area contributed by atoms with Crippen molar-refractivity contribution in [1.29, 1.82) is 0 Å². The van der Waals surface area contributed by atoms with Crippen molar-refractivity contribution >= 4 is 21.9 Å². The lowest BCUT2D eigenvalue weighted by Crippen LogP contribution is -2.00. The Morgan fingerprint density at radius 1 is 0.447 bits per heavy atom. The van der Waals surface area contributed by atoms with Crippen LogP contribution in [-0.4, -0.2) is 20.1 Å². The van der Waals surface area contributed by atoms with Gasteiger partial charge in [-0.25, -0.2) is 15.0 Å². The molecule has 7 rings (SSSR count). The van der Waals surface area contributed by atoms with E-state index in [1.165, 1.54) is 0 Å². The second-order valence-corrected chi connectivity index (χ2v) is 9.05. The van der Waals surface area contributed by atoms with Crippen LogP contribution < -0.4 is 0 Å². The van der Waals surface area contributed by atoms with Gasteiger partial charge in [0.2, 0.25) is 0 Å². The lowest BCUT2D eigenvalue weighted by atomic mass is 10.0. The average molecular weight is 492 g/mol. The van der Waals surface area contributed by atoms with Gasteiger partial charge in [0, 0.05) is 33.0 Å². The Kier molecular flexibility index (Phi) is 5.19. The minimum absolute atomic E-state index is 0.129. The summed E-state index contributed by atoms with van der Waals surface area (Å²) in [5, 5.41) is 13.0. The van der Waals surface area contributed by atoms with Crippen LogP contribution in [0.4, 0.5) is 0 Å². The Bertz CT molecular complexity index is 1850. The number of benzene rings is 5. The smallest absolute Gasteiger partial charge is 0.177 e. The van der Waals surface area contributed by atoms with Crippen molar-refractivity contribution in [3.8, 4) is 51.0 Å². The first-order chi connectivity index (χ1) is 18.7. The molecular formula is C33H21N3O2. The topological polar surface area (TPSA) is 72.0 Å². The van der Waals surface area contributed by atoms with Crippen molar-refractivity contribution in [2.45, 2.75) is 0 Å². The fraction of sp³-hybridized carbons (Fsp3) is 0. The molecule has 0 aliphatic carbocycles. The van der Waals surface area contributed by atoms with Crippen molar-refractivity contribution in [3.63, 3.8) is 0 Å². The number of para-hydroxylation sites is 1. The van der Waals surface area contributed by atoms with E-state index < -0.39 is 0 Å². The molecule has 0 atom stereocenters. The fourth-order valence-corrected chi connectivity index (χ4v) is 4.74. The molecule has 2 aromatic heterocycles. The quantitative estimate of drug-likeness (QED) is 0.269. The van der Waals surface area contributed by atoms with Gasteiger partial charge >= 0.3 is 0 Å². The second kappa shape index (κ2) is 8.98. The maximum atomic E-state index is 11.1. The molecule has 0 aliphatic rings. The predicted molar refractivity (Wildman–Crippen MR) is 151 cm³/mol. The van der Waals surface area contributed by atoms with Crippen molar-refractivity contribution in [1.82, 2.24) is 15.0 Å². The molecule has 0 saturated carbocycles. The number of phenolic OH excluding ortho intramolecular Hbond substituents is 1. The largest absolute Gasteiger partial charge is 0.504 e. The van der Waals surface area contributed by atoms with Crippen LogP contribution in [0, 0.1) is 0 Å². The van der Waals surface area contributed by atoms with Crippen LogP contribution >= 0.6 is 0 Å². The van der Waals surface area contributed by atoms with Crippen LogP contribution in [0.1, 0.15) is 0 Å². The highest BCUT2D eigenvalue weighted by molar-refractivity contribution is 6.08. The number of furan rings is 1. The first kappa shape index (κ1) is 21.9. The lowest BCUT2D eigenvalue weighted by Gasteiger charge is -2.09. The molecule has 0 spiro atoms. The third-order valence-corrected chi connectivity index (χ3v) is 6.67. The molecule has 0 radical (unpaired) electrons. The van der Waals surface area contributed by atoms with Gasteiger partial charge in [-0.1, -0.05) is 103 Å². The highest BCUT2D eigenvalue weighted by atomic mass is 16.4. The molecular weight excluding hydrogens is 470 g/mol. The summed E-state index contributed by atoms with van der Waals surface area (Å²) in [6.45, 7) is 0. The summed E-state index contributed by atoms with van der Waals surface area (Å²) in [5.41, 5.74) is 5.52. The van der Waals surface area contributed by atoms with Gasteiger partial charge in [0.25, 0.3) is 0 Å². The zero-order chi connectivity index (χ0) is 25.5. The normalized spacial score (nSPS) is 11.3. The summed E-state index contributed by atoms with van der Waals surface area (Å²) in [7, 11) is 0. The van der Waals surface area contributed by atoms with Gasteiger partial charge in [0.15, 0.2) is 28.8 Å². The van der Waals surface area contributed by atoms with Crippen LogP contribution in [0.3, 0.4) is 0 Å². The van der Waals surface area contributed by atoms with Gasteiger partial charge in [-0.15, -0.1) is 0 Å². The molecule has 38 heavy (non-hydrogen) atoms. The summed E-state index contributed by atoms with van der Waals surface area (Å²) < 4.78 is 5.97. The number of rotatable bonds is 4. The summed E-state index contributed by atoms with van der Waals surface area (Å²) >= 11 is 0. The Labute approximate surface area is 218 Å². The number of hydrogen-bond donors (Lipinski definition) is 1. The standard InChI is InChI=1S/C33H21N3O2/c37-29-25(19-20-27-26-13-7-8-14-28(26)38-30(27)29)21-15-17-24(18-16-21)33-35-31(22-9-3-1-4-10-22)34-32(36-33)23-11-5-2-6-12-23/h1-20,37H. The Hall–Kier alpha value is -5.29. The second-order valence-electron chi connectivity index (χ2n) is 9.05. The fourth-order valence-electron chi connectivity index (χ4n) is 4.74. The van der Waals surface area contributed by atoms with Crippen LogP contribution in [0.5, 0.6) is 5.75 Å². The Morgan fingerprint density at radius 3 is 1.55 bits per heavy atom. The van der Waals surface area contributed by atoms with Gasteiger partial charge in [-0.05, 0) is 23.8 Å². The highest BCUT2D eigenvalue weighted by Gasteiger charge is 2.16. The van der Waals surface area contributed by atoms with Gasteiger partial charge in [0.05, 0.1) is 0 Å². The molecule has 7 aromatic rings. The van der Waals surface area contributed by atoms with Crippen LogP contribution in [0.2, 0.25) is 0 Å². The third kappa shape index (κ3) is 3.78. The molecule has 0 fully saturated rings. The highest BCUT2D eigenvalue weighted by Crippen LogP contribution is 2.40. The lowest BCUT2D eigenvalue weighted by molar-refractivity contribution is 0.470. The number of phenols is 1. The Morgan fingerprint density at radius 2 is 0.947 bits per heavy atom. The summed E-state index contributed by atoms with van der Waals surface area (Å²) in [6.07, 6.45) is 0. The monoisotopic (exact) mass is 491 g/mol. The van der Waals surface area contributed by atoms with Gasteiger partial charge in [0.1, 0.15) is 5.58 Å². The molecule has 0 aliphatic heterocycles. The summed E-state index contributed by atoms with van der Waals surface area (Å²) in [4.78, 5) is 14.4. The predicted octanol–water partition coefficient (Wildman–Crippen LogP) is 8.14. The molecule has 0 saturated heterocycles. The summed E-state index contributed by atoms with van der Waals surface area (Å²) in [6, 6.07) is 39.4.